The average Bonchev–Trinajstić information content (AvgIpc) is 3.06. The maximum atomic E-state index is 13.5. The van der Waals surface area contributed by atoms with Crippen LogP contribution in [0.5, 0.6) is 0 Å². The predicted octanol–water partition coefficient (Wildman–Crippen LogP) is 8.03. The minimum absolute atomic E-state index is 0.0562. The molecule has 9 heteroatoms. The van der Waals surface area contributed by atoms with Gasteiger partial charge < -0.3 is 4.84 Å². The van der Waals surface area contributed by atoms with Crippen LogP contribution < -0.4 is 0 Å². The molecule has 5 rings (SSSR count). The maximum Gasteiger partial charge on any atom is 0.332 e. The standard InChI is InChI=1S/C36H28N2O6S/c1-23-32(9-6-10-33(23)38(42)43)34(37-44-24(2)39)36(41)29-17-21-31(22-18-29)45-30-19-15-28(16-20-30)35(40)27-13-11-26(12-14-27)25-7-4-3-5-8-25/h3-17,19-21H,18,22H2,1-2H3/b37-34-. The van der Waals surface area contributed by atoms with E-state index in [1.54, 1.807) is 17.8 Å². The molecule has 0 bridgehead atoms. The molecular formula is C36H28N2O6S. The highest BCUT2D eigenvalue weighted by atomic mass is 32.2. The molecule has 0 aliphatic heterocycles. The van der Waals surface area contributed by atoms with Gasteiger partial charge in [0.2, 0.25) is 5.78 Å². The van der Waals surface area contributed by atoms with Crippen LogP contribution in [0, 0.1) is 17.0 Å². The summed E-state index contributed by atoms with van der Waals surface area (Å²) >= 11 is 1.54. The van der Waals surface area contributed by atoms with E-state index in [2.05, 4.69) is 5.16 Å². The minimum atomic E-state index is -0.715. The first-order valence-corrected chi connectivity index (χ1v) is 15.0. The lowest BCUT2D eigenvalue weighted by Crippen LogP contribution is -2.21. The lowest BCUT2D eigenvalue weighted by atomic mass is 9.92. The summed E-state index contributed by atoms with van der Waals surface area (Å²) in [4.78, 5) is 55.7. The SMILES string of the molecule is CC(=O)O/N=C(\C(=O)C1=CC=C(Sc2ccc(C(=O)c3ccc(-c4ccccc4)cc3)cc2)CC1)c1cccc([N+](=O)[O-])c1C. The Kier molecular flexibility index (Phi) is 9.60. The third kappa shape index (κ3) is 7.39. The van der Waals surface area contributed by atoms with Crippen LogP contribution >= 0.6 is 11.8 Å². The summed E-state index contributed by atoms with van der Waals surface area (Å²) in [7, 11) is 0. The minimum Gasteiger partial charge on any atom is -0.318 e. The highest BCUT2D eigenvalue weighted by Gasteiger charge is 2.26. The molecule has 8 nitrogen and oxygen atoms in total. The first-order valence-electron chi connectivity index (χ1n) is 14.1. The van der Waals surface area contributed by atoms with Gasteiger partial charge >= 0.3 is 5.97 Å². The van der Waals surface area contributed by atoms with Crippen molar-refractivity contribution in [1.29, 1.82) is 0 Å². The van der Waals surface area contributed by atoms with E-state index in [0.29, 0.717) is 29.5 Å². The van der Waals surface area contributed by atoms with Crippen molar-refractivity contribution in [2.75, 3.05) is 0 Å². The molecule has 0 unspecified atom stereocenters. The molecule has 1 aliphatic rings. The van der Waals surface area contributed by atoms with Crippen LogP contribution in [0.3, 0.4) is 0 Å². The van der Waals surface area contributed by atoms with Gasteiger partial charge in [0, 0.05) is 45.7 Å². The first-order chi connectivity index (χ1) is 21.7. The Morgan fingerprint density at radius 1 is 0.800 bits per heavy atom. The lowest BCUT2D eigenvalue weighted by molar-refractivity contribution is -0.385. The quantitative estimate of drug-likeness (QED) is 0.0582. The van der Waals surface area contributed by atoms with Gasteiger partial charge in [0.15, 0.2) is 11.5 Å². The van der Waals surface area contributed by atoms with Gasteiger partial charge in [0.25, 0.3) is 5.69 Å². The Labute approximate surface area is 264 Å². The number of rotatable bonds is 10. The summed E-state index contributed by atoms with van der Waals surface area (Å²) in [6.45, 7) is 2.68. The van der Waals surface area contributed by atoms with Crippen LogP contribution in [-0.4, -0.2) is 28.2 Å². The number of hydrogen-bond acceptors (Lipinski definition) is 8. The molecule has 0 saturated heterocycles. The average molecular weight is 617 g/mol. The zero-order valence-corrected chi connectivity index (χ0v) is 25.4. The summed E-state index contributed by atoms with van der Waals surface area (Å²) in [5, 5.41) is 15.2. The molecule has 1 aliphatic carbocycles. The molecular weight excluding hydrogens is 588 g/mol. The van der Waals surface area contributed by atoms with Gasteiger partial charge in [0.05, 0.1) is 4.92 Å². The van der Waals surface area contributed by atoms with Crippen LogP contribution in [0.2, 0.25) is 0 Å². The molecule has 0 saturated carbocycles. The first kappa shape index (κ1) is 31.0. The lowest BCUT2D eigenvalue weighted by Gasteiger charge is -2.15. The number of carbonyl (C=O) groups excluding carboxylic acids is 3. The number of Topliss-reactive ketones (excluding diaryl/α,β-unsaturated/α-hetero) is 1. The fraction of sp³-hybridized carbons (Fsp3) is 0.111. The number of oxime groups is 1. The molecule has 4 aromatic carbocycles. The summed E-state index contributed by atoms with van der Waals surface area (Å²) in [6, 6.07) is 29.3. The van der Waals surface area contributed by atoms with E-state index in [0.717, 1.165) is 27.9 Å². The second-order valence-electron chi connectivity index (χ2n) is 10.3. The molecule has 4 aromatic rings. The van der Waals surface area contributed by atoms with Crippen LogP contribution in [0.4, 0.5) is 5.69 Å². The number of benzene rings is 4. The number of carbonyl (C=O) groups is 3. The number of nitro groups is 1. The number of nitro benzene ring substituents is 1. The third-order valence-corrected chi connectivity index (χ3v) is 8.37. The molecule has 0 radical (unpaired) electrons. The molecule has 0 atom stereocenters. The Balaban J connectivity index is 1.28. The highest BCUT2D eigenvalue weighted by Crippen LogP contribution is 2.34. The smallest absolute Gasteiger partial charge is 0.318 e. The Hall–Kier alpha value is -5.41. The maximum absolute atomic E-state index is 13.5. The zero-order valence-electron chi connectivity index (χ0n) is 24.6. The summed E-state index contributed by atoms with van der Waals surface area (Å²) in [5.74, 6) is -1.24. The molecule has 0 N–H and O–H groups in total. The number of hydrogen-bond donors (Lipinski definition) is 0. The summed E-state index contributed by atoms with van der Waals surface area (Å²) in [6.07, 6.45) is 4.52. The van der Waals surface area contributed by atoms with Gasteiger partial charge in [-0.15, -0.1) is 0 Å². The van der Waals surface area contributed by atoms with E-state index < -0.39 is 16.7 Å². The van der Waals surface area contributed by atoms with Crippen molar-refractivity contribution in [3.8, 4) is 11.1 Å². The van der Waals surface area contributed by atoms with Crippen LogP contribution in [0.1, 0.15) is 46.8 Å². The number of thioether (sulfide) groups is 1. The number of nitrogens with zero attached hydrogens (tertiary/aromatic N) is 2. The number of allylic oxidation sites excluding steroid dienone is 4. The third-order valence-electron chi connectivity index (χ3n) is 7.26. The fourth-order valence-corrected chi connectivity index (χ4v) is 5.80. The van der Waals surface area contributed by atoms with Gasteiger partial charge in [-0.3, -0.25) is 19.7 Å². The molecule has 0 spiro atoms. The van der Waals surface area contributed by atoms with Gasteiger partial charge in [0.1, 0.15) is 0 Å². The monoisotopic (exact) mass is 616 g/mol. The molecule has 0 fully saturated rings. The summed E-state index contributed by atoms with van der Waals surface area (Å²) in [5.41, 5.74) is 3.92. The van der Waals surface area contributed by atoms with E-state index in [4.69, 9.17) is 4.84 Å². The van der Waals surface area contributed by atoms with Crippen molar-refractivity contribution < 1.29 is 24.1 Å². The molecule has 0 amide bonds. The normalized spacial score (nSPS) is 13.0. The Morgan fingerprint density at radius 2 is 1.44 bits per heavy atom. The van der Waals surface area contributed by atoms with E-state index in [1.807, 2.05) is 84.9 Å². The van der Waals surface area contributed by atoms with Crippen molar-refractivity contribution in [1.82, 2.24) is 0 Å². The van der Waals surface area contributed by atoms with Crippen molar-refractivity contribution in [3.63, 3.8) is 0 Å². The van der Waals surface area contributed by atoms with Gasteiger partial charge in [-0.05, 0) is 60.1 Å². The van der Waals surface area contributed by atoms with Crippen molar-refractivity contribution in [3.05, 3.63) is 152 Å². The van der Waals surface area contributed by atoms with Gasteiger partial charge in [-0.25, -0.2) is 4.79 Å². The summed E-state index contributed by atoms with van der Waals surface area (Å²) < 4.78 is 0. The molecule has 0 aromatic heterocycles. The zero-order chi connectivity index (χ0) is 31.9. The molecule has 45 heavy (non-hydrogen) atoms. The van der Waals surface area contributed by atoms with E-state index in [9.17, 15) is 24.5 Å². The van der Waals surface area contributed by atoms with Crippen molar-refractivity contribution in [2.24, 2.45) is 5.16 Å². The fourth-order valence-electron chi connectivity index (χ4n) is 4.88. The van der Waals surface area contributed by atoms with E-state index >= 15 is 0 Å². The Morgan fingerprint density at radius 3 is 2.04 bits per heavy atom. The van der Waals surface area contributed by atoms with Crippen LogP contribution in [0.25, 0.3) is 11.1 Å². The van der Waals surface area contributed by atoms with Gasteiger partial charge in [-0.2, -0.15) is 0 Å². The highest BCUT2D eigenvalue weighted by molar-refractivity contribution is 8.03. The Bertz CT molecular complexity index is 1880. The van der Waals surface area contributed by atoms with Crippen molar-refractivity contribution in [2.45, 2.75) is 31.6 Å². The molecule has 0 heterocycles. The van der Waals surface area contributed by atoms with Gasteiger partial charge in [-0.1, -0.05) is 95.8 Å². The van der Waals surface area contributed by atoms with Crippen molar-refractivity contribution >= 4 is 40.7 Å². The predicted molar refractivity (Wildman–Crippen MR) is 174 cm³/mol. The number of ketones is 2. The van der Waals surface area contributed by atoms with Crippen LogP contribution in [-0.2, 0) is 14.4 Å². The van der Waals surface area contributed by atoms with E-state index in [1.165, 1.54) is 25.1 Å². The van der Waals surface area contributed by atoms with E-state index in [-0.39, 0.29) is 28.3 Å². The molecule has 224 valence electrons. The second kappa shape index (κ2) is 13.9. The van der Waals surface area contributed by atoms with Crippen LogP contribution in [0.15, 0.2) is 130 Å². The second-order valence-corrected chi connectivity index (χ2v) is 11.5. The topological polar surface area (TPSA) is 116 Å². The largest absolute Gasteiger partial charge is 0.332 e.